The van der Waals surface area contributed by atoms with Gasteiger partial charge in [-0.25, -0.2) is 17.2 Å². The summed E-state index contributed by atoms with van der Waals surface area (Å²) in [7, 11) is -3.87. The number of carbonyl (C=O) groups is 1. The van der Waals surface area contributed by atoms with Gasteiger partial charge in [0.1, 0.15) is 17.4 Å². The lowest BCUT2D eigenvalue weighted by Crippen LogP contribution is -2.28. The number of aryl methyl sites for hydroxylation is 1. The van der Waals surface area contributed by atoms with Gasteiger partial charge in [0.2, 0.25) is 0 Å². The smallest absolute Gasteiger partial charge is 0.261 e. The van der Waals surface area contributed by atoms with E-state index < -0.39 is 15.8 Å². The largest absolute Gasteiger partial charge is 0.484 e. The van der Waals surface area contributed by atoms with Crippen LogP contribution in [-0.4, -0.2) is 20.9 Å². The van der Waals surface area contributed by atoms with Gasteiger partial charge in [-0.15, -0.1) is 0 Å². The molecule has 0 unspecified atom stereocenters. The molecule has 0 saturated carbocycles. The Morgan fingerprint density at radius 3 is 2.16 bits per heavy atom. The summed E-state index contributed by atoms with van der Waals surface area (Å²) in [4.78, 5) is 12.0. The van der Waals surface area contributed by atoms with Crippen molar-refractivity contribution in [2.75, 3.05) is 11.3 Å². The van der Waals surface area contributed by atoms with Crippen LogP contribution in [0.3, 0.4) is 0 Å². The van der Waals surface area contributed by atoms with E-state index in [0.717, 1.165) is 17.7 Å². The molecule has 9 heteroatoms. The Kier molecular flexibility index (Phi) is 6.86. The molecular weight excluding hydrogens is 426 g/mol. The number of sulfonamides is 1. The van der Waals surface area contributed by atoms with Crippen LogP contribution in [-0.2, 0) is 21.4 Å². The lowest BCUT2D eigenvalue weighted by Gasteiger charge is -2.12. The van der Waals surface area contributed by atoms with Crippen LogP contribution in [0, 0.1) is 18.6 Å². The van der Waals surface area contributed by atoms with Crippen LogP contribution >= 0.6 is 0 Å². The number of anilines is 1. The van der Waals surface area contributed by atoms with Crippen LogP contribution in [0.5, 0.6) is 5.75 Å². The van der Waals surface area contributed by atoms with Crippen LogP contribution in [0.15, 0.2) is 71.6 Å². The number of hydrogen-bond donors (Lipinski definition) is 2. The molecule has 0 bridgehead atoms. The summed E-state index contributed by atoms with van der Waals surface area (Å²) < 4.78 is 58.8. The number of nitrogens with one attached hydrogen (secondary N) is 2. The predicted molar refractivity (Wildman–Crippen MR) is 112 cm³/mol. The Hall–Kier alpha value is -3.46. The van der Waals surface area contributed by atoms with Gasteiger partial charge in [0, 0.05) is 12.2 Å². The Balaban J connectivity index is 1.57. The van der Waals surface area contributed by atoms with Gasteiger partial charge < -0.3 is 10.1 Å². The van der Waals surface area contributed by atoms with Crippen molar-refractivity contribution < 1.29 is 26.7 Å². The molecule has 0 aromatic heterocycles. The number of carbonyl (C=O) groups excluding carboxylic acids is 1. The molecule has 0 aliphatic rings. The van der Waals surface area contributed by atoms with E-state index >= 15 is 0 Å². The maximum Gasteiger partial charge on any atom is 0.261 e. The molecule has 0 fully saturated rings. The van der Waals surface area contributed by atoms with Crippen LogP contribution in [0.25, 0.3) is 0 Å². The average Bonchev–Trinajstić information content (AvgIpc) is 2.74. The summed E-state index contributed by atoms with van der Waals surface area (Å²) in [6, 6.07) is 14.9. The highest BCUT2D eigenvalue weighted by atomic mass is 32.2. The summed E-state index contributed by atoms with van der Waals surface area (Å²) in [5.41, 5.74) is 1.50. The van der Waals surface area contributed by atoms with Crippen LogP contribution in [0.2, 0.25) is 0 Å². The summed E-state index contributed by atoms with van der Waals surface area (Å²) in [5.74, 6) is -0.842. The van der Waals surface area contributed by atoms with Crippen molar-refractivity contribution in [3.8, 4) is 5.75 Å². The first kappa shape index (κ1) is 22.2. The Morgan fingerprint density at radius 2 is 1.55 bits per heavy atom. The van der Waals surface area contributed by atoms with Crippen molar-refractivity contribution in [2.24, 2.45) is 0 Å². The Bertz CT molecular complexity index is 1170. The second kappa shape index (κ2) is 9.57. The summed E-state index contributed by atoms with van der Waals surface area (Å²) in [6.45, 7) is 1.62. The molecule has 6 nitrogen and oxygen atoms in total. The van der Waals surface area contributed by atoms with E-state index in [1.807, 2.05) is 0 Å². The van der Waals surface area contributed by atoms with E-state index in [0.29, 0.717) is 11.3 Å². The number of halogens is 2. The second-order valence-electron chi connectivity index (χ2n) is 6.73. The van der Waals surface area contributed by atoms with Gasteiger partial charge >= 0.3 is 0 Å². The minimum atomic E-state index is -3.87. The number of ether oxygens (including phenoxy) is 1. The average molecular weight is 446 g/mol. The van der Waals surface area contributed by atoms with Gasteiger partial charge in [0.25, 0.3) is 15.9 Å². The van der Waals surface area contributed by atoms with Crippen molar-refractivity contribution >= 4 is 21.6 Å². The van der Waals surface area contributed by atoms with Gasteiger partial charge in [-0.2, -0.15) is 0 Å². The van der Waals surface area contributed by atoms with Crippen LogP contribution in [0.1, 0.15) is 11.1 Å². The number of hydrogen-bond acceptors (Lipinski definition) is 4. The SMILES string of the molecule is Cc1cc(S(=O)(=O)Nc2ccc(F)cc2)ccc1OCC(=O)NCc1ccc(F)cc1. The fourth-order valence-electron chi connectivity index (χ4n) is 2.68. The van der Waals surface area contributed by atoms with Gasteiger partial charge in [0.05, 0.1) is 4.90 Å². The topological polar surface area (TPSA) is 84.5 Å². The summed E-state index contributed by atoms with van der Waals surface area (Å²) >= 11 is 0. The molecule has 0 atom stereocenters. The molecule has 0 spiro atoms. The first-order chi connectivity index (χ1) is 14.7. The molecule has 0 aliphatic heterocycles. The highest BCUT2D eigenvalue weighted by Crippen LogP contribution is 2.23. The number of amides is 1. The van der Waals surface area contributed by atoms with E-state index in [4.69, 9.17) is 4.74 Å². The van der Waals surface area contributed by atoms with Gasteiger partial charge in [-0.05, 0) is 72.6 Å². The minimum absolute atomic E-state index is 0.00226. The maximum absolute atomic E-state index is 13.0. The zero-order chi connectivity index (χ0) is 22.4. The van der Waals surface area contributed by atoms with Crippen molar-refractivity contribution in [3.05, 3.63) is 89.5 Å². The van der Waals surface area contributed by atoms with Crippen molar-refractivity contribution in [1.82, 2.24) is 5.32 Å². The molecule has 3 rings (SSSR count). The zero-order valence-corrected chi connectivity index (χ0v) is 17.4. The molecule has 2 N–H and O–H groups in total. The fraction of sp³-hybridized carbons (Fsp3) is 0.136. The van der Waals surface area contributed by atoms with Crippen molar-refractivity contribution in [2.45, 2.75) is 18.4 Å². The monoisotopic (exact) mass is 446 g/mol. The first-order valence-corrected chi connectivity index (χ1v) is 10.7. The van der Waals surface area contributed by atoms with E-state index in [1.54, 1.807) is 19.1 Å². The van der Waals surface area contributed by atoms with Gasteiger partial charge in [-0.3, -0.25) is 9.52 Å². The zero-order valence-electron chi connectivity index (χ0n) is 16.6. The minimum Gasteiger partial charge on any atom is -0.484 e. The third-order valence-electron chi connectivity index (χ3n) is 4.31. The van der Waals surface area contributed by atoms with E-state index in [-0.39, 0.29) is 35.5 Å². The third kappa shape index (κ3) is 6.26. The maximum atomic E-state index is 13.0. The second-order valence-corrected chi connectivity index (χ2v) is 8.41. The molecule has 0 heterocycles. The Morgan fingerprint density at radius 1 is 0.935 bits per heavy atom. The van der Waals surface area contributed by atoms with Crippen molar-refractivity contribution in [1.29, 1.82) is 0 Å². The number of rotatable bonds is 8. The Labute approximate surface area is 178 Å². The van der Waals surface area contributed by atoms with E-state index in [2.05, 4.69) is 10.0 Å². The molecule has 0 aliphatic carbocycles. The van der Waals surface area contributed by atoms with Gasteiger partial charge in [0.15, 0.2) is 6.61 Å². The molecule has 0 saturated heterocycles. The lowest BCUT2D eigenvalue weighted by atomic mass is 10.2. The molecule has 3 aromatic carbocycles. The van der Waals surface area contributed by atoms with Crippen LogP contribution in [0.4, 0.5) is 14.5 Å². The number of benzene rings is 3. The molecule has 1 amide bonds. The fourth-order valence-corrected chi connectivity index (χ4v) is 3.82. The molecule has 3 aromatic rings. The van der Waals surface area contributed by atoms with E-state index in [9.17, 15) is 22.0 Å². The summed E-state index contributed by atoms with van der Waals surface area (Å²) in [5, 5.41) is 2.66. The molecular formula is C22H20F2N2O4S. The van der Waals surface area contributed by atoms with Crippen molar-refractivity contribution in [3.63, 3.8) is 0 Å². The lowest BCUT2D eigenvalue weighted by molar-refractivity contribution is -0.123. The third-order valence-corrected chi connectivity index (χ3v) is 5.69. The van der Waals surface area contributed by atoms with E-state index in [1.165, 1.54) is 42.5 Å². The van der Waals surface area contributed by atoms with Crippen LogP contribution < -0.4 is 14.8 Å². The van der Waals surface area contributed by atoms with Gasteiger partial charge in [-0.1, -0.05) is 12.1 Å². The molecule has 162 valence electrons. The highest BCUT2D eigenvalue weighted by Gasteiger charge is 2.16. The normalized spacial score (nSPS) is 11.1. The molecule has 0 radical (unpaired) electrons. The standard InChI is InChI=1S/C22H20F2N2O4S/c1-15-12-20(31(28,29)26-19-8-6-18(24)7-9-19)10-11-21(15)30-14-22(27)25-13-16-2-4-17(23)5-3-16/h2-12,26H,13-14H2,1H3,(H,25,27). The first-order valence-electron chi connectivity index (χ1n) is 9.26. The highest BCUT2D eigenvalue weighted by molar-refractivity contribution is 7.92. The summed E-state index contributed by atoms with van der Waals surface area (Å²) in [6.07, 6.45) is 0. The quantitative estimate of drug-likeness (QED) is 0.552. The predicted octanol–water partition coefficient (Wildman–Crippen LogP) is 3.77. The molecule has 31 heavy (non-hydrogen) atoms.